The van der Waals surface area contributed by atoms with Gasteiger partial charge >= 0.3 is 0 Å². The average molecular weight is 486 g/mol. The second-order valence-corrected chi connectivity index (χ2v) is 9.69. The summed E-state index contributed by atoms with van der Waals surface area (Å²) in [6, 6.07) is 18.6. The van der Waals surface area contributed by atoms with Crippen LogP contribution in [0.15, 0.2) is 66.7 Å². The molecule has 0 aromatic heterocycles. The number of anilines is 1. The van der Waals surface area contributed by atoms with E-state index in [-0.39, 0.29) is 11.1 Å². The monoisotopic (exact) mass is 485 g/mol. The van der Waals surface area contributed by atoms with Crippen LogP contribution in [0.1, 0.15) is 43.5 Å². The third-order valence-electron chi connectivity index (χ3n) is 7.43. The lowest BCUT2D eigenvalue weighted by atomic mass is 9.77. The number of hydrogen-bond donors (Lipinski definition) is 0. The zero-order valence-electron chi connectivity index (χ0n) is 18.9. The molecule has 3 aromatic carbocycles. The van der Waals surface area contributed by atoms with Crippen LogP contribution in [0.5, 0.6) is 0 Å². The van der Waals surface area contributed by atoms with E-state index in [1.807, 2.05) is 6.92 Å². The fraction of sp³-hybridized carbons (Fsp3) is 0.214. The van der Waals surface area contributed by atoms with E-state index in [1.165, 1.54) is 0 Å². The van der Waals surface area contributed by atoms with Crippen molar-refractivity contribution < 1.29 is 23.9 Å². The number of carbonyl (C=O) groups is 4. The molecule has 2 aliphatic heterocycles. The molecule has 174 valence electrons. The van der Waals surface area contributed by atoms with Gasteiger partial charge in [0.15, 0.2) is 0 Å². The standard InChI is InChI=1S/C28H20ClNO5/c1-14-10-12-16(13-11-14)30-26(33)21-22(27(30)34)28(24(31)18-6-3-4-7-19(18)25(28)32)35-23(21)17-8-5-9-20(29)15(17)2/h3-13,21-23H,1-2H3/t21-,22+,23-/m0/s1. The van der Waals surface area contributed by atoms with E-state index in [1.54, 1.807) is 73.7 Å². The number of hydrogen-bond acceptors (Lipinski definition) is 5. The fourth-order valence-electron chi connectivity index (χ4n) is 5.68. The third-order valence-corrected chi connectivity index (χ3v) is 7.84. The van der Waals surface area contributed by atoms with Crippen LogP contribution in [-0.2, 0) is 14.3 Å². The first-order valence-electron chi connectivity index (χ1n) is 11.3. The molecule has 3 aliphatic rings. The van der Waals surface area contributed by atoms with Gasteiger partial charge in [0, 0.05) is 16.1 Å². The minimum Gasteiger partial charge on any atom is -0.349 e. The molecule has 1 spiro atoms. The van der Waals surface area contributed by atoms with Crippen LogP contribution in [0, 0.1) is 25.7 Å². The van der Waals surface area contributed by atoms with Crippen molar-refractivity contribution in [3.8, 4) is 0 Å². The first-order valence-corrected chi connectivity index (χ1v) is 11.7. The Kier molecular flexibility index (Phi) is 4.66. The molecule has 3 atom stereocenters. The lowest BCUT2D eigenvalue weighted by Gasteiger charge is -2.27. The molecule has 3 aromatic rings. The van der Waals surface area contributed by atoms with Gasteiger partial charge in [-0.05, 0) is 43.2 Å². The van der Waals surface area contributed by atoms with Gasteiger partial charge in [0.25, 0.3) is 0 Å². The molecule has 1 aliphatic carbocycles. The molecular weight excluding hydrogens is 466 g/mol. The third kappa shape index (κ3) is 2.75. The molecule has 0 radical (unpaired) electrons. The molecule has 0 bridgehead atoms. The summed E-state index contributed by atoms with van der Waals surface area (Å²) in [5.74, 6) is -4.61. The Hall–Kier alpha value is -3.61. The zero-order chi connectivity index (χ0) is 24.6. The lowest BCUT2D eigenvalue weighted by Crippen LogP contribution is -2.51. The molecule has 2 fully saturated rings. The van der Waals surface area contributed by atoms with Crippen LogP contribution in [-0.4, -0.2) is 29.0 Å². The molecule has 2 amide bonds. The lowest BCUT2D eigenvalue weighted by molar-refractivity contribution is -0.127. The Morgan fingerprint density at radius 1 is 0.800 bits per heavy atom. The van der Waals surface area contributed by atoms with E-state index < -0.39 is 46.9 Å². The van der Waals surface area contributed by atoms with E-state index in [2.05, 4.69) is 0 Å². The number of halogens is 1. The molecule has 2 heterocycles. The highest BCUT2D eigenvalue weighted by molar-refractivity contribution is 6.37. The Bertz CT molecular complexity index is 1430. The van der Waals surface area contributed by atoms with Gasteiger partial charge in [-0.2, -0.15) is 0 Å². The SMILES string of the molecule is Cc1ccc(N2C(=O)[C@@H]3[C@H](c4cccc(Cl)c4C)OC4(C(=O)c5ccccc5C4=O)[C@H]3C2=O)cc1. The molecule has 6 nitrogen and oxygen atoms in total. The molecule has 0 saturated carbocycles. The maximum Gasteiger partial charge on any atom is 0.241 e. The van der Waals surface area contributed by atoms with Crippen molar-refractivity contribution >= 4 is 40.7 Å². The van der Waals surface area contributed by atoms with Crippen molar-refractivity contribution in [3.05, 3.63) is 99.6 Å². The smallest absolute Gasteiger partial charge is 0.241 e. The van der Waals surface area contributed by atoms with Gasteiger partial charge in [-0.25, -0.2) is 4.90 Å². The number of aryl methyl sites for hydroxylation is 1. The molecular formula is C28H20ClNO5. The van der Waals surface area contributed by atoms with Crippen LogP contribution < -0.4 is 4.90 Å². The van der Waals surface area contributed by atoms with Crippen LogP contribution in [0.4, 0.5) is 5.69 Å². The van der Waals surface area contributed by atoms with Crippen molar-refractivity contribution in [3.63, 3.8) is 0 Å². The van der Waals surface area contributed by atoms with Crippen LogP contribution in [0.25, 0.3) is 0 Å². The van der Waals surface area contributed by atoms with Crippen molar-refractivity contribution in [2.24, 2.45) is 11.8 Å². The number of Topliss-reactive ketones (excluding diaryl/α,β-unsaturated/α-hetero) is 2. The number of ether oxygens (including phenoxy) is 1. The van der Waals surface area contributed by atoms with E-state index in [0.717, 1.165) is 10.5 Å². The van der Waals surface area contributed by atoms with Crippen LogP contribution in [0.3, 0.4) is 0 Å². The Balaban J connectivity index is 1.57. The summed E-state index contributed by atoms with van der Waals surface area (Å²) in [6.07, 6.45) is -0.993. The molecule has 0 unspecified atom stereocenters. The fourth-order valence-corrected chi connectivity index (χ4v) is 5.86. The number of imide groups is 1. The quantitative estimate of drug-likeness (QED) is 0.390. The number of rotatable bonds is 2. The summed E-state index contributed by atoms with van der Waals surface area (Å²) in [5.41, 5.74) is 0.915. The number of amides is 2. The zero-order valence-corrected chi connectivity index (χ0v) is 19.7. The van der Waals surface area contributed by atoms with Gasteiger partial charge in [0.2, 0.25) is 29.0 Å². The molecule has 6 rings (SSSR count). The number of ketones is 2. The highest BCUT2D eigenvalue weighted by Gasteiger charge is 2.74. The molecule has 0 N–H and O–H groups in total. The van der Waals surface area contributed by atoms with Gasteiger partial charge in [0.05, 0.1) is 23.6 Å². The van der Waals surface area contributed by atoms with Crippen molar-refractivity contribution in [1.29, 1.82) is 0 Å². The second-order valence-electron chi connectivity index (χ2n) is 9.28. The number of fused-ring (bicyclic) bond motifs is 3. The normalized spacial score (nSPS) is 24.4. The first kappa shape index (κ1) is 21.9. The van der Waals surface area contributed by atoms with Gasteiger partial charge in [-0.1, -0.05) is 65.7 Å². The highest BCUT2D eigenvalue weighted by atomic mass is 35.5. The van der Waals surface area contributed by atoms with E-state index in [0.29, 0.717) is 21.8 Å². The topological polar surface area (TPSA) is 80.8 Å². The highest BCUT2D eigenvalue weighted by Crippen LogP contribution is 2.58. The number of carbonyl (C=O) groups excluding carboxylic acids is 4. The summed E-state index contributed by atoms with van der Waals surface area (Å²) < 4.78 is 6.32. The van der Waals surface area contributed by atoms with Crippen molar-refractivity contribution in [2.45, 2.75) is 25.6 Å². The maximum atomic E-state index is 13.9. The first-order chi connectivity index (χ1) is 16.8. The summed E-state index contributed by atoms with van der Waals surface area (Å²) in [6.45, 7) is 3.69. The molecule has 7 heteroatoms. The Morgan fingerprint density at radius 2 is 1.43 bits per heavy atom. The largest absolute Gasteiger partial charge is 0.349 e. The minimum atomic E-state index is -2.10. The van der Waals surface area contributed by atoms with E-state index in [4.69, 9.17) is 16.3 Å². The summed E-state index contributed by atoms with van der Waals surface area (Å²) in [5, 5.41) is 0.461. The van der Waals surface area contributed by atoms with Crippen LogP contribution in [0.2, 0.25) is 5.02 Å². The van der Waals surface area contributed by atoms with Crippen LogP contribution >= 0.6 is 11.6 Å². The minimum absolute atomic E-state index is 0.203. The summed E-state index contributed by atoms with van der Waals surface area (Å²) in [7, 11) is 0. The molecule has 2 saturated heterocycles. The van der Waals surface area contributed by atoms with Gasteiger partial charge < -0.3 is 4.74 Å². The maximum absolute atomic E-state index is 13.9. The Morgan fingerprint density at radius 3 is 2.06 bits per heavy atom. The Labute approximate surface area is 206 Å². The molecule has 35 heavy (non-hydrogen) atoms. The number of benzene rings is 3. The van der Waals surface area contributed by atoms with E-state index in [9.17, 15) is 19.2 Å². The average Bonchev–Trinajstić information content (AvgIpc) is 3.42. The van der Waals surface area contributed by atoms with Gasteiger partial charge in [0.1, 0.15) is 0 Å². The van der Waals surface area contributed by atoms with Gasteiger partial charge in [-0.15, -0.1) is 0 Å². The summed E-state index contributed by atoms with van der Waals surface area (Å²) >= 11 is 6.37. The van der Waals surface area contributed by atoms with E-state index >= 15 is 0 Å². The summed E-state index contributed by atoms with van der Waals surface area (Å²) in [4.78, 5) is 56.4. The van der Waals surface area contributed by atoms with Gasteiger partial charge in [-0.3, -0.25) is 19.2 Å². The number of nitrogens with zero attached hydrogens (tertiary/aromatic N) is 1. The van der Waals surface area contributed by atoms with Crippen molar-refractivity contribution in [1.82, 2.24) is 0 Å². The predicted molar refractivity (Wildman–Crippen MR) is 129 cm³/mol. The second kappa shape index (κ2) is 7.44. The van der Waals surface area contributed by atoms with Crippen molar-refractivity contribution in [2.75, 3.05) is 4.90 Å². The predicted octanol–water partition coefficient (Wildman–Crippen LogP) is 4.65.